The van der Waals surface area contributed by atoms with Crippen LogP contribution < -0.4 is 0 Å². The summed E-state index contributed by atoms with van der Waals surface area (Å²) in [5.41, 5.74) is 0. The monoisotopic (exact) mass is 426 g/mol. The highest BCUT2D eigenvalue weighted by molar-refractivity contribution is 5.73. The first kappa shape index (κ1) is 28.9. The molecule has 4 nitrogen and oxygen atoms in total. The molecule has 0 aliphatic heterocycles. The van der Waals surface area contributed by atoms with Gasteiger partial charge in [-0.1, -0.05) is 111 Å². The Labute approximate surface area is 186 Å². The second-order valence-corrected chi connectivity index (χ2v) is 8.76. The molecular formula is C26H50O4. The lowest BCUT2D eigenvalue weighted by Gasteiger charge is -2.20. The van der Waals surface area contributed by atoms with Crippen molar-refractivity contribution in [2.24, 2.45) is 5.92 Å². The standard InChI is InChI=1S/C26H50O4/c1-5-8-11-14-16-18-21-24(20-17-13-10-7-3)26(28)30-23(4)29-25(27)22-19-15-12-9-6-2/h23-24H,5-22H2,1-4H3. The average Bonchev–Trinajstić information content (AvgIpc) is 2.71. The molecule has 0 saturated carbocycles. The van der Waals surface area contributed by atoms with E-state index in [-0.39, 0.29) is 17.9 Å². The summed E-state index contributed by atoms with van der Waals surface area (Å²) < 4.78 is 10.8. The molecule has 0 N–H and O–H groups in total. The highest BCUT2D eigenvalue weighted by Crippen LogP contribution is 2.21. The fraction of sp³-hybridized carbons (Fsp3) is 0.923. The molecule has 0 spiro atoms. The van der Waals surface area contributed by atoms with Crippen molar-refractivity contribution in [1.29, 1.82) is 0 Å². The summed E-state index contributed by atoms with van der Waals surface area (Å²) in [6, 6.07) is 0. The first-order chi connectivity index (χ1) is 14.5. The topological polar surface area (TPSA) is 52.6 Å². The SMILES string of the molecule is CCCCCCCCC(CCCCCC)C(=O)OC(C)OC(=O)CCCCCCC. The van der Waals surface area contributed by atoms with Crippen LogP contribution in [0.25, 0.3) is 0 Å². The van der Waals surface area contributed by atoms with Gasteiger partial charge in [-0.15, -0.1) is 0 Å². The Morgan fingerprint density at radius 1 is 0.600 bits per heavy atom. The van der Waals surface area contributed by atoms with Gasteiger partial charge in [-0.05, 0) is 19.3 Å². The Balaban J connectivity index is 4.27. The second-order valence-electron chi connectivity index (χ2n) is 8.76. The molecule has 2 atom stereocenters. The summed E-state index contributed by atoms with van der Waals surface area (Å²) in [5, 5.41) is 0. The van der Waals surface area contributed by atoms with Crippen LogP contribution in [0.3, 0.4) is 0 Å². The van der Waals surface area contributed by atoms with Gasteiger partial charge >= 0.3 is 11.9 Å². The molecule has 0 fully saturated rings. The van der Waals surface area contributed by atoms with E-state index in [0.29, 0.717) is 6.42 Å². The number of rotatable bonds is 21. The predicted molar refractivity (Wildman–Crippen MR) is 125 cm³/mol. The van der Waals surface area contributed by atoms with Crippen LogP contribution in [0.5, 0.6) is 0 Å². The number of hydrogen-bond donors (Lipinski definition) is 0. The first-order valence-electron chi connectivity index (χ1n) is 12.9. The zero-order valence-electron chi connectivity index (χ0n) is 20.5. The first-order valence-corrected chi connectivity index (χ1v) is 12.9. The number of unbranched alkanes of at least 4 members (excludes halogenated alkanes) is 12. The van der Waals surface area contributed by atoms with Crippen LogP contribution in [0, 0.1) is 5.92 Å². The average molecular weight is 427 g/mol. The highest BCUT2D eigenvalue weighted by Gasteiger charge is 2.23. The summed E-state index contributed by atoms with van der Waals surface area (Å²) in [7, 11) is 0. The lowest BCUT2D eigenvalue weighted by atomic mass is 9.94. The van der Waals surface area contributed by atoms with E-state index in [1.807, 2.05) is 0 Å². The van der Waals surface area contributed by atoms with Crippen molar-refractivity contribution < 1.29 is 19.1 Å². The largest absolute Gasteiger partial charge is 0.425 e. The van der Waals surface area contributed by atoms with Crippen molar-refractivity contribution in [3.63, 3.8) is 0 Å². The zero-order chi connectivity index (χ0) is 22.5. The molecular weight excluding hydrogens is 376 g/mol. The quantitative estimate of drug-likeness (QED) is 0.106. The Hall–Kier alpha value is -1.06. The second kappa shape index (κ2) is 21.2. The fourth-order valence-electron chi connectivity index (χ4n) is 3.77. The summed E-state index contributed by atoms with van der Waals surface area (Å²) in [6.45, 7) is 8.25. The molecule has 178 valence electrons. The fourth-order valence-corrected chi connectivity index (χ4v) is 3.77. The van der Waals surface area contributed by atoms with Gasteiger partial charge in [0, 0.05) is 13.3 Å². The van der Waals surface area contributed by atoms with Crippen LogP contribution in [0.2, 0.25) is 0 Å². The van der Waals surface area contributed by atoms with Crippen molar-refractivity contribution >= 4 is 11.9 Å². The Morgan fingerprint density at radius 3 is 1.57 bits per heavy atom. The van der Waals surface area contributed by atoms with Crippen molar-refractivity contribution in [2.45, 2.75) is 150 Å². The van der Waals surface area contributed by atoms with E-state index >= 15 is 0 Å². The van der Waals surface area contributed by atoms with Crippen LogP contribution in [0.4, 0.5) is 0 Å². The maximum atomic E-state index is 12.7. The van der Waals surface area contributed by atoms with Crippen molar-refractivity contribution in [1.82, 2.24) is 0 Å². The molecule has 0 bridgehead atoms. The minimum Gasteiger partial charge on any atom is -0.425 e. The van der Waals surface area contributed by atoms with Gasteiger partial charge in [0.1, 0.15) is 0 Å². The lowest BCUT2D eigenvalue weighted by molar-refractivity contribution is -0.187. The Morgan fingerprint density at radius 2 is 1.03 bits per heavy atom. The van der Waals surface area contributed by atoms with Gasteiger partial charge in [-0.3, -0.25) is 9.59 Å². The minimum atomic E-state index is -0.789. The van der Waals surface area contributed by atoms with Gasteiger partial charge in [0.15, 0.2) is 0 Å². The van der Waals surface area contributed by atoms with Gasteiger partial charge in [-0.2, -0.15) is 0 Å². The van der Waals surface area contributed by atoms with E-state index in [1.165, 1.54) is 64.2 Å². The summed E-state index contributed by atoms with van der Waals surface area (Å²) in [6.07, 6.45) is 18.8. The van der Waals surface area contributed by atoms with Crippen molar-refractivity contribution in [3.05, 3.63) is 0 Å². The number of hydrogen-bond acceptors (Lipinski definition) is 4. The van der Waals surface area contributed by atoms with Gasteiger partial charge < -0.3 is 9.47 Å². The molecule has 0 aliphatic rings. The lowest BCUT2D eigenvalue weighted by Crippen LogP contribution is -2.26. The van der Waals surface area contributed by atoms with Gasteiger partial charge in [0.05, 0.1) is 5.92 Å². The number of esters is 2. The predicted octanol–water partition coefficient (Wildman–Crippen LogP) is 8.12. The molecule has 0 aliphatic carbocycles. The number of carbonyl (C=O) groups excluding carboxylic acids is 2. The van der Waals surface area contributed by atoms with E-state index in [0.717, 1.165) is 44.9 Å². The maximum Gasteiger partial charge on any atom is 0.311 e. The van der Waals surface area contributed by atoms with Crippen LogP contribution >= 0.6 is 0 Å². The molecule has 0 rings (SSSR count). The molecule has 0 saturated heterocycles. The summed E-state index contributed by atoms with van der Waals surface area (Å²) >= 11 is 0. The molecule has 0 amide bonds. The smallest absolute Gasteiger partial charge is 0.311 e. The molecule has 0 aromatic carbocycles. The third-order valence-corrected chi connectivity index (χ3v) is 5.71. The van der Waals surface area contributed by atoms with Crippen molar-refractivity contribution in [3.8, 4) is 0 Å². The third-order valence-electron chi connectivity index (χ3n) is 5.71. The van der Waals surface area contributed by atoms with Crippen LogP contribution in [-0.4, -0.2) is 18.2 Å². The molecule has 0 aromatic rings. The van der Waals surface area contributed by atoms with E-state index in [4.69, 9.17) is 9.47 Å². The Kier molecular flexibility index (Phi) is 20.4. The third kappa shape index (κ3) is 17.8. The summed E-state index contributed by atoms with van der Waals surface area (Å²) in [5.74, 6) is -0.520. The molecule has 0 aromatic heterocycles. The van der Waals surface area contributed by atoms with E-state index in [1.54, 1.807) is 6.92 Å². The molecule has 2 unspecified atom stereocenters. The van der Waals surface area contributed by atoms with E-state index in [9.17, 15) is 9.59 Å². The molecule has 0 radical (unpaired) electrons. The van der Waals surface area contributed by atoms with Crippen molar-refractivity contribution in [2.75, 3.05) is 0 Å². The van der Waals surface area contributed by atoms with Crippen LogP contribution in [-0.2, 0) is 19.1 Å². The zero-order valence-corrected chi connectivity index (χ0v) is 20.5. The van der Waals surface area contributed by atoms with E-state index in [2.05, 4.69) is 20.8 Å². The molecule has 30 heavy (non-hydrogen) atoms. The van der Waals surface area contributed by atoms with Crippen LogP contribution in [0.1, 0.15) is 143 Å². The summed E-state index contributed by atoms with van der Waals surface area (Å²) in [4.78, 5) is 24.6. The van der Waals surface area contributed by atoms with Gasteiger partial charge in [0.2, 0.25) is 6.29 Å². The number of ether oxygens (including phenoxy) is 2. The van der Waals surface area contributed by atoms with Gasteiger partial charge in [0.25, 0.3) is 0 Å². The van der Waals surface area contributed by atoms with Crippen LogP contribution in [0.15, 0.2) is 0 Å². The minimum absolute atomic E-state index is 0.0665. The molecule has 0 heterocycles. The van der Waals surface area contributed by atoms with Gasteiger partial charge in [-0.25, -0.2) is 0 Å². The number of carbonyl (C=O) groups is 2. The highest BCUT2D eigenvalue weighted by atomic mass is 16.7. The normalized spacial score (nSPS) is 13.1. The Bertz CT molecular complexity index is 408. The molecule has 4 heteroatoms. The van der Waals surface area contributed by atoms with E-state index < -0.39 is 6.29 Å². The maximum absolute atomic E-state index is 12.7.